The van der Waals surface area contributed by atoms with Crippen LogP contribution in [-0.4, -0.2) is 42.5 Å². The third-order valence-corrected chi connectivity index (χ3v) is 4.54. The second-order valence-electron chi connectivity index (χ2n) is 6.31. The highest BCUT2D eigenvalue weighted by atomic mass is 16.1. The van der Waals surface area contributed by atoms with Gasteiger partial charge in [0.25, 0.3) is 0 Å². The molecule has 1 atom stereocenters. The lowest BCUT2D eigenvalue weighted by Crippen LogP contribution is -2.63. The summed E-state index contributed by atoms with van der Waals surface area (Å²) >= 11 is 0. The van der Waals surface area contributed by atoms with Gasteiger partial charge in [0.2, 0.25) is 5.91 Å². The number of likely N-dealkylation sites (N-methyl/N-ethyl adjacent to an activating group) is 1. The van der Waals surface area contributed by atoms with Gasteiger partial charge in [-0.25, -0.2) is 0 Å². The van der Waals surface area contributed by atoms with E-state index in [9.17, 15) is 4.79 Å². The molecule has 4 nitrogen and oxygen atoms in total. The molecule has 0 heterocycles. The fourth-order valence-corrected chi connectivity index (χ4v) is 2.94. The summed E-state index contributed by atoms with van der Waals surface area (Å²) in [5.41, 5.74) is 5.29. The fraction of sp³-hybridized carbons (Fsp3) is 0.933. The summed E-state index contributed by atoms with van der Waals surface area (Å²) in [5.74, 6) is 1.15. The van der Waals surface area contributed by atoms with Crippen LogP contribution < -0.4 is 11.1 Å². The molecule has 0 saturated heterocycles. The number of nitrogens with one attached hydrogen (secondary N) is 1. The van der Waals surface area contributed by atoms with Crippen molar-refractivity contribution in [2.24, 2.45) is 17.6 Å². The number of nitrogens with two attached hydrogens (primary N) is 1. The van der Waals surface area contributed by atoms with Crippen molar-refractivity contribution in [2.45, 2.75) is 51.5 Å². The molecule has 0 spiro atoms. The highest BCUT2D eigenvalue weighted by molar-refractivity contribution is 5.86. The molecule has 2 fully saturated rings. The Labute approximate surface area is 117 Å². The Kier molecular flexibility index (Phi) is 4.85. The van der Waals surface area contributed by atoms with Crippen LogP contribution in [0.2, 0.25) is 0 Å². The van der Waals surface area contributed by atoms with Crippen molar-refractivity contribution in [3.8, 4) is 0 Å². The average Bonchev–Trinajstić information content (AvgIpc) is 3.25. The number of rotatable bonds is 10. The molecule has 110 valence electrons. The highest BCUT2D eigenvalue weighted by Crippen LogP contribution is 2.40. The maximum Gasteiger partial charge on any atom is 0.239 e. The van der Waals surface area contributed by atoms with Gasteiger partial charge in [0.05, 0.1) is 0 Å². The minimum atomic E-state index is -0.485. The van der Waals surface area contributed by atoms with Gasteiger partial charge in [0.15, 0.2) is 0 Å². The first-order chi connectivity index (χ1) is 9.12. The number of hydrogen-bond acceptors (Lipinski definition) is 3. The summed E-state index contributed by atoms with van der Waals surface area (Å²) in [6, 6.07) is 0. The van der Waals surface area contributed by atoms with Gasteiger partial charge in [0, 0.05) is 13.1 Å². The normalized spacial score (nSPS) is 22.5. The fourth-order valence-electron chi connectivity index (χ4n) is 2.94. The standard InChI is InChI=1S/C15H29N3O/c1-3-9-17-15(14(16)19,13-7-8-13)11-18(4-2)10-12-5-6-12/h12-13,17H,3-11H2,1-2H3,(H2,16,19). The second-order valence-corrected chi connectivity index (χ2v) is 6.31. The molecule has 0 aromatic carbocycles. The van der Waals surface area contributed by atoms with Crippen LogP contribution in [0.15, 0.2) is 0 Å². The third kappa shape index (κ3) is 3.69. The van der Waals surface area contributed by atoms with Crippen LogP contribution in [0.25, 0.3) is 0 Å². The third-order valence-electron chi connectivity index (χ3n) is 4.54. The molecule has 0 aromatic rings. The van der Waals surface area contributed by atoms with Crippen LogP contribution in [0.4, 0.5) is 0 Å². The van der Waals surface area contributed by atoms with Gasteiger partial charge in [-0.15, -0.1) is 0 Å². The zero-order valence-electron chi connectivity index (χ0n) is 12.5. The predicted octanol–water partition coefficient (Wildman–Crippen LogP) is 1.35. The highest BCUT2D eigenvalue weighted by Gasteiger charge is 2.50. The van der Waals surface area contributed by atoms with Gasteiger partial charge in [-0.2, -0.15) is 0 Å². The van der Waals surface area contributed by atoms with Gasteiger partial charge in [-0.3, -0.25) is 4.79 Å². The van der Waals surface area contributed by atoms with Crippen molar-refractivity contribution in [3.05, 3.63) is 0 Å². The van der Waals surface area contributed by atoms with Crippen LogP contribution in [0.1, 0.15) is 46.0 Å². The largest absolute Gasteiger partial charge is 0.368 e. The molecule has 0 aliphatic heterocycles. The molecule has 1 unspecified atom stereocenters. The molecule has 2 saturated carbocycles. The molecule has 0 bridgehead atoms. The molecular formula is C15H29N3O. The summed E-state index contributed by atoms with van der Waals surface area (Å²) < 4.78 is 0. The van der Waals surface area contributed by atoms with Gasteiger partial charge in [0.1, 0.15) is 5.54 Å². The first kappa shape index (κ1) is 14.8. The van der Waals surface area contributed by atoms with Gasteiger partial charge >= 0.3 is 0 Å². The number of nitrogens with zero attached hydrogens (tertiary/aromatic N) is 1. The number of carbonyl (C=O) groups excluding carboxylic acids is 1. The summed E-state index contributed by atoms with van der Waals surface area (Å²) in [5, 5.41) is 3.49. The Bertz CT molecular complexity index is 313. The van der Waals surface area contributed by atoms with E-state index >= 15 is 0 Å². The van der Waals surface area contributed by atoms with Crippen molar-refractivity contribution in [2.75, 3.05) is 26.2 Å². The zero-order chi connectivity index (χ0) is 13.9. The first-order valence-electron chi connectivity index (χ1n) is 7.89. The Balaban J connectivity index is 2.03. The number of primary amides is 1. The lowest BCUT2D eigenvalue weighted by Gasteiger charge is -2.37. The smallest absolute Gasteiger partial charge is 0.239 e. The average molecular weight is 267 g/mol. The number of amides is 1. The monoisotopic (exact) mass is 267 g/mol. The zero-order valence-corrected chi connectivity index (χ0v) is 12.5. The van der Waals surface area contributed by atoms with E-state index < -0.39 is 5.54 Å². The van der Waals surface area contributed by atoms with Crippen molar-refractivity contribution in [1.29, 1.82) is 0 Å². The van der Waals surface area contributed by atoms with Crippen molar-refractivity contribution in [1.82, 2.24) is 10.2 Å². The van der Waals surface area contributed by atoms with Crippen molar-refractivity contribution < 1.29 is 4.79 Å². The number of carbonyl (C=O) groups is 1. The second kappa shape index (κ2) is 6.23. The quantitative estimate of drug-likeness (QED) is 0.628. The number of hydrogen-bond donors (Lipinski definition) is 2. The van der Waals surface area contributed by atoms with Crippen LogP contribution in [0.5, 0.6) is 0 Å². The molecular weight excluding hydrogens is 238 g/mol. The van der Waals surface area contributed by atoms with Gasteiger partial charge in [-0.05, 0) is 57.0 Å². The molecule has 1 amide bonds. The van der Waals surface area contributed by atoms with Crippen LogP contribution in [-0.2, 0) is 4.79 Å². The summed E-state index contributed by atoms with van der Waals surface area (Å²) in [6.45, 7) is 8.12. The molecule has 2 aliphatic rings. The molecule has 3 N–H and O–H groups in total. The van der Waals surface area contributed by atoms with Crippen LogP contribution in [0.3, 0.4) is 0 Å². The Morgan fingerprint density at radius 1 is 1.32 bits per heavy atom. The Morgan fingerprint density at radius 2 is 2.00 bits per heavy atom. The maximum absolute atomic E-state index is 12.1. The van der Waals surface area contributed by atoms with Crippen LogP contribution in [0, 0.1) is 11.8 Å². The molecule has 2 aliphatic carbocycles. The minimum absolute atomic E-state index is 0.155. The lowest BCUT2D eigenvalue weighted by atomic mass is 9.90. The van der Waals surface area contributed by atoms with Crippen molar-refractivity contribution >= 4 is 5.91 Å². The van der Waals surface area contributed by atoms with E-state index in [4.69, 9.17) is 5.73 Å². The van der Waals surface area contributed by atoms with Crippen molar-refractivity contribution in [3.63, 3.8) is 0 Å². The van der Waals surface area contributed by atoms with E-state index in [0.717, 1.165) is 51.4 Å². The predicted molar refractivity (Wildman–Crippen MR) is 77.8 cm³/mol. The SMILES string of the molecule is CCCNC(CN(CC)CC1CC1)(C(N)=O)C1CC1. The van der Waals surface area contributed by atoms with E-state index in [-0.39, 0.29) is 5.91 Å². The van der Waals surface area contributed by atoms with E-state index in [1.807, 2.05) is 0 Å². The summed E-state index contributed by atoms with van der Waals surface area (Å²) in [7, 11) is 0. The maximum atomic E-state index is 12.1. The summed E-state index contributed by atoms with van der Waals surface area (Å²) in [4.78, 5) is 14.5. The van der Waals surface area contributed by atoms with E-state index in [2.05, 4.69) is 24.1 Å². The minimum Gasteiger partial charge on any atom is -0.368 e. The van der Waals surface area contributed by atoms with Gasteiger partial charge in [-0.1, -0.05) is 13.8 Å². The van der Waals surface area contributed by atoms with E-state index in [1.54, 1.807) is 0 Å². The first-order valence-corrected chi connectivity index (χ1v) is 7.89. The molecule has 2 rings (SSSR count). The molecule has 0 aromatic heterocycles. The Hall–Kier alpha value is -0.610. The van der Waals surface area contributed by atoms with E-state index in [0.29, 0.717) is 5.92 Å². The van der Waals surface area contributed by atoms with Gasteiger partial charge < -0.3 is 16.0 Å². The molecule has 4 heteroatoms. The van der Waals surface area contributed by atoms with E-state index in [1.165, 1.54) is 12.8 Å². The molecule has 0 radical (unpaired) electrons. The summed E-state index contributed by atoms with van der Waals surface area (Å²) in [6.07, 6.45) is 6.02. The molecule has 19 heavy (non-hydrogen) atoms. The Morgan fingerprint density at radius 3 is 2.42 bits per heavy atom. The van der Waals surface area contributed by atoms with Crippen LogP contribution >= 0.6 is 0 Å². The lowest BCUT2D eigenvalue weighted by molar-refractivity contribution is -0.126. The topological polar surface area (TPSA) is 58.4 Å².